The molecule has 4 aromatic rings. The van der Waals surface area contributed by atoms with Crippen LogP contribution in [0.1, 0.15) is 25.0 Å². The van der Waals surface area contributed by atoms with Crippen LogP contribution in [0.4, 0.5) is 5.69 Å². The summed E-state index contributed by atoms with van der Waals surface area (Å²) in [5, 5.41) is 0. The second-order valence-corrected chi connectivity index (χ2v) is 8.96. The van der Waals surface area contributed by atoms with Gasteiger partial charge in [0.05, 0.1) is 12.6 Å². The minimum atomic E-state index is 0.742. The summed E-state index contributed by atoms with van der Waals surface area (Å²) in [6.07, 6.45) is 3.81. The Bertz CT molecular complexity index is 1290. The predicted octanol–water partition coefficient (Wildman–Crippen LogP) is 5.18. The predicted molar refractivity (Wildman–Crippen MR) is 140 cm³/mol. The normalized spacial score (nSPS) is 14.6. The highest BCUT2D eigenvalue weighted by molar-refractivity contribution is 5.91. The molecule has 0 spiro atoms. The maximum Gasteiger partial charge on any atom is 0.178 e. The topological polar surface area (TPSA) is 57.3 Å². The van der Waals surface area contributed by atoms with Crippen LogP contribution in [-0.2, 0) is 12.8 Å². The molecule has 2 aromatic heterocycles. The fourth-order valence-electron chi connectivity index (χ4n) is 5.09. The standard InChI is InChI=1S/C28H33N5O/c1-5-21-22(6-2)25(33-17-15-32(3)16-18-33)12-11-24(21)27-30-26-23(13-14-29-28(26)31-27)19-7-9-20(34-4)10-8-19/h7-14H,5-6,15-18H2,1-4H3,(H,29,30,31). The minimum absolute atomic E-state index is 0.742. The summed E-state index contributed by atoms with van der Waals surface area (Å²) in [5.74, 6) is 1.74. The molecule has 176 valence electrons. The number of nitrogens with one attached hydrogen (secondary N) is 1. The van der Waals surface area contributed by atoms with Crippen molar-refractivity contribution in [2.24, 2.45) is 0 Å². The number of aromatic amines is 1. The first kappa shape index (κ1) is 22.4. The highest BCUT2D eigenvalue weighted by Gasteiger charge is 2.21. The molecule has 5 rings (SSSR count). The van der Waals surface area contributed by atoms with Gasteiger partial charge in [-0.3, -0.25) is 0 Å². The van der Waals surface area contributed by atoms with Gasteiger partial charge in [-0.05, 0) is 66.9 Å². The number of likely N-dealkylation sites (N-methyl/N-ethyl adjacent to an activating group) is 1. The van der Waals surface area contributed by atoms with E-state index >= 15 is 0 Å². The van der Waals surface area contributed by atoms with Gasteiger partial charge in [-0.15, -0.1) is 0 Å². The zero-order valence-corrected chi connectivity index (χ0v) is 20.6. The average Bonchev–Trinajstić information content (AvgIpc) is 3.32. The van der Waals surface area contributed by atoms with Crippen LogP contribution in [-0.4, -0.2) is 60.2 Å². The lowest BCUT2D eigenvalue weighted by molar-refractivity contribution is 0.312. The second-order valence-electron chi connectivity index (χ2n) is 8.96. The molecule has 6 nitrogen and oxygen atoms in total. The molecule has 0 radical (unpaired) electrons. The van der Waals surface area contributed by atoms with Crippen LogP contribution in [0.2, 0.25) is 0 Å². The van der Waals surface area contributed by atoms with Crippen LogP contribution < -0.4 is 9.64 Å². The summed E-state index contributed by atoms with van der Waals surface area (Å²) >= 11 is 0. The molecule has 1 fully saturated rings. The Morgan fingerprint density at radius 3 is 2.29 bits per heavy atom. The fourth-order valence-corrected chi connectivity index (χ4v) is 5.09. The molecule has 34 heavy (non-hydrogen) atoms. The van der Waals surface area contributed by atoms with Crippen LogP contribution in [0, 0.1) is 0 Å². The van der Waals surface area contributed by atoms with Gasteiger partial charge in [-0.25, -0.2) is 9.97 Å². The van der Waals surface area contributed by atoms with Gasteiger partial charge in [-0.1, -0.05) is 26.0 Å². The van der Waals surface area contributed by atoms with E-state index in [1.807, 2.05) is 24.4 Å². The number of nitrogens with zero attached hydrogens (tertiary/aromatic N) is 4. The zero-order valence-electron chi connectivity index (χ0n) is 20.6. The first-order chi connectivity index (χ1) is 16.6. The Balaban J connectivity index is 1.58. The van der Waals surface area contributed by atoms with Gasteiger partial charge < -0.3 is 19.5 Å². The molecule has 2 aromatic carbocycles. The molecule has 0 saturated carbocycles. The van der Waals surface area contributed by atoms with E-state index in [2.05, 4.69) is 64.9 Å². The second kappa shape index (κ2) is 9.47. The molecule has 1 aliphatic heterocycles. The van der Waals surface area contributed by atoms with E-state index in [-0.39, 0.29) is 0 Å². The molecule has 0 aliphatic carbocycles. The number of fused-ring (bicyclic) bond motifs is 1. The van der Waals surface area contributed by atoms with Crippen molar-refractivity contribution in [3.8, 4) is 28.3 Å². The average molecular weight is 456 g/mol. The number of imidazole rings is 1. The van der Waals surface area contributed by atoms with Crippen molar-refractivity contribution in [3.05, 3.63) is 59.8 Å². The zero-order chi connectivity index (χ0) is 23.7. The number of anilines is 1. The number of methoxy groups -OCH3 is 1. The summed E-state index contributed by atoms with van der Waals surface area (Å²) in [6, 6.07) is 14.7. The number of rotatable bonds is 6. The van der Waals surface area contributed by atoms with Crippen LogP contribution in [0.5, 0.6) is 5.75 Å². The number of ether oxygens (including phenoxy) is 1. The molecule has 3 heterocycles. The summed E-state index contributed by atoms with van der Waals surface area (Å²) in [6.45, 7) is 8.87. The van der Waals surface area contributed by atoms with Crippen molar-refractivity contribution >= 4 is 16.9 Å². The summed E-state index contributed by atoms with van der Waals surface area (Å²) in [4.78, 5) is 18.1. The largest absolute Gasteiger partial charge is 0.497 e. The SMILES string of the molecule is CCc1c(-c2nc3nccc(-c4ccc(OC)cc4)c3[nH]2)ccc(N2CCN(C)CC2)c1CC. The molecular weight excluding hydrogens is 422 g/mol. The number of hydrogen-bond acceptors (Lipinski definition) is 5. The fraction of sp³-hybridized carbons (Fsp3) is 0.357. The van der Waals surface area contributed by atoms with Crippen molar-refractivity contribution in [2.75, 3.05) is 45.2 Å². The monoisotopic (exact) mass is 455 g/mol. The Morgan fingerprint density at radius 1 is 0.882 bits per heavy atom. The van der Waals surface area contributed by atoms with E-state index in [4.69, 9.17) is 9.72 Å². The van der Waals surface area contributed by atoms with Gasteiger partial charge in [0.2, 0.25) is 0 Å². The van der Waals surface area contributed by atoms with Crippen molar-refractivity contribution in [1.29, 1.82) is 0 Å². The van der Waals surface area contributed by atoms with Crippen molar-refractivity contribution < 1.29 is 4.74 Å². The Hall–Kier alpha value is -3.38. The first-order valence-electron chi connectivity index (χ1n) is 12.2. The molecule has 6 heteroatoms. The van der Waals surface area contributed by atoms with E-state index in [1.165, 1.54) is 22.4 Å². The third kappa shape index (κ3) is 4.03. The van der Waals surface area contributed by atoms with Gasteiger partial charge in [0.1, 0.15) is 11.6 Å². The third-order valence-electron chi connectivity index (χ3n) is 7.01. The van der Waals surface area contributed by atoms with Crippen molar-refractivity contribution in [2.45, 2.75) is 26.7 Å². The highest BCUT2D eigenvalue weighted by Crippen LogP contribution is 2.35. The van der Waals surface area contributed by atoms with Crippen LogP contribution in [0.15, 0.2) is 48.7 Å². The summed E-state index contributed by atoms with van der Waals surface area (Å²) in [7, 11) is 3.89. The van der Waals surface area contributed by atoms with E-state index in [0.29, 0.717) is 0 Å². The van der Waals surface area contributed by atoms with E-state index in [1.54, 1.807) is 7.11 Å². The summed E-state index contributed by atoms with van der Waals surface area (Å²) < 4.78 is 5.32. The maximum atomic E-state index is 5.32. The van der Waals surface area contributed by atoms with Gasteiger partial charge in [-0.2, -0.15) is 0 Å². The quantitative estimate of drug-likeness (QED) is 0.434. The van der Waals surface area contributed by atoms with Crippen molar-refractivity contribution in [1.82, 2.24) is 19.9 Å². The smallest absolute Gasteiger partial charge is 0.178 e. The first-order valence-corrected chi connectivity index (χ1v) is 12.2. The lowest BCUT2D eigenvalue weighted by Gasteiger charge is -2.36. The number of H-pyrrole nitrogens is 1. The maximum absolute atomic E-state index is 5.32. The van der Waals surface area contributed by atoms with Crippen molar-refractivity contribution in [3.63, 3.8) is 0 Å². The lowest BCUT2D eigenvalue weighted by Crippen LogP contribution is -2.44. The van der Waals surface area contributed by atoms with Crippen LogP contribution >= 0.6 is 0 Å². The Labute approximate surface area is 201 Å². The number of piperazine rings is 1. The van der Waals surface area contributed by atoms with Gasteiger partial charge in [0, 0.05) is 49.2 Å². The molecule has 0 atom stereocenters. The third-order valence-corrected chi connectivity index (χ3v) is 7.01. The number of pyridine rings is 1. The molecule has 0 amide bonds. The van der Waals surface area contributed by atoms with Gasteiger partial charge in [0.15, 0.2) is 5.65 Å². The van der Waals surface area contributed by atoms with Gasteiger partial charge in [0.25, 0.3) is 0 Å². The lowest BCUT2D eigenvalue weighted by atomic mass is 9.94. The molecule has 0 bridgehead atoms. The molecule has 1 saturated heterocycles. The minimum Gasteiger partial charge on any atom is -0.497 e. The summed E-state index contributed by atoms with van der Waals surface area (Å²) in [5.41, 5.74) is 9.28. The van der Waals surface area contributed by atoms with Crippen LogP contribution in [0.25, 0.3) is 33.7 Å². The molecule has 1 N–H and O–H groups in total. The molecule has 0 unspecified atom stereocenters. The highest BCUT2D eigenvalue weighted by atomic mass is 16.5. The molecule has 1 aliphatic rings. The van der Waals surface area contributed by atoms with E-state index in [0.717, 1.165) is 72.9 Å². The molecular formula is C28H33N5O. The Kier molecular flexibility index (Phi) is 6.24. The number of aromatic nitrogens is 3. The van der Waals surface area contributed by atoms with E-state index < -0.39 is 0 Å². The van der Waals surface area contributed by atoms with Gasteiger partial charge >= 0.3 is 0 Å². The number of hydrogen-bond donors (Lipinski definition) is 1. The Morgan fingerprint density at radius 2 is 1.62 bits per heavy atom. The number of benzene rings is 2. The van der Waals surface area contributed by atoms with Crippen LogP contribution in [0.3, 0.4) is 0 Å². The van der Waals surface area contributed by atoms with E-state index in [9.17, 15) is 0 Å².